The van der Waals surface area contributed by atoms with Crippen molar-refractivity contribution >= 4 is 10.0 Å². The molecule has 0 unspecified atom stereocenters. The maximum Gasteiger partial charge on any atom is 0.241 e. The fourth-order valence-electron chi connectivity index (χ4n) is 2.71. The summed E-state index contributed by atoms with van der Waals surface area (Å²) in [5.41, 5.74) is 5.26. The van der Waals surface area contributed by atoms with Gasteiger partial charge in [-0.2, -0.15) is 0 Å². The first-order valence-corrected chi connectivity index (χ1v) is 8.45. The van der Waals surface area contributed by atoms with Crippen molar-refractivity contribution in [1.29, 1.82) is 0 Å². The van der Waals surface area contributed by atoms with E-state index in [4.69, 9.17) is 5.73 Å². The lowest BCUT2D eigenvalue weighted by molar-refractivity contribution is 0.342. The van der Waals surface area contributed by atoms with Gasteiger partial charge in [-0.25, -0.2) is 17.5 Å². The first-order valence-electron chi connectivity index (χ1n) is 6.97. The molecule has 112 valence electrons. The van der Waals surface area contributed by atoms with Gasteiger partial charge < -0.3 is 5.73 Å². The van der Waals surface area contributed by atoms with Gasteiger partial charge in [0.25, 0.3) is 0 Å². The van der Waals surface area contributed by atoms with Gasteiger partial charge in [-0.05, 0) is 37.1 Å². The molecule has 1 fully saturated rings. The average molecular weight is 300 g/mol. The van der Waals surface area contributed by atoms with Gasteiger partial charge in [0.05, 0.1) is 4.90 Å². The van der Waals surface area contributed by atoms with Crippen LogP contribution in [0.5, 0.6) is 0 Å². The maximum atomic E-state index is 12.9. The summed E-state index contributed by atoms with van der Waals surface area (Å²) in [4.78, 5) is 0.0796. The van der Waals surface area contributed by atoms with E-state index >= 15 is 0 Å². The van der Waals surface area contributed by atoms with Gasteiger partial charge in [0.2, 0.25) is 10.0 Å². The molecule has 0 heterocycles. The summed E-state index contributed by atoms with van der Waals surface area (Å²) in [6.45, 7) is 0.285. The average Bonchev–Trinajstić information content (AvgIpc) is 2.65. The van der Waals surface area contributed by atoms with E-state index in [0.29, 0.717) is 0 Å². The summed E-state index contributed by atoms with van der Waals surface area (Å²) in [6.07, 6.45) is 5.68. The van der Waals surface area contributed by atoms with Gasteiger partial charge in [0.15, 0.2) is 0 Å². The van der Waals surface area contributed by atoms with E-state index in [1.54, 1.807) is 0 Å². The number of benzene rings is 1. The molecule has 0 bridgehead atoms. The van der Waals surface area contributed by atoms with Crippen LogP contribution >= 0.6 is 0 Å². The third kappa shape index (κ3) is 3.56. The highest BCUT2D eigenvalue weighted by molar-refractivity contribution is 7.89. The highest BCUT2D eigenvalue weighted by Gasteiger charge is 2.34. The lowest BCUT2D eigenvalue weighted by atomic mass is 9.92. The fraction of sp³-hybridized carbons (Fsp3) is 0.571. The molecule has 1 aliphatic rings. The summed E-state index contributed by atoms with van der Waals surface area (Å²) in [7, 11) is -3.66. The van der Waals surface area contributed by atoms with E-state index < -0.39 is 21.4 Å². The molecular weight excluding hydrogens is 279 g/mol. The number of nitrogens with one attached hydrogen (secondary N) is 1. The molecule has 0 atom stereocenters. The highest BCUT2D eigenvalue weighted by Crippen LogP contribution is 2.28. The number of sulfonamides is 1. The number of rotatable bonds is 4. The molecule has 1 saturated carbocycles. The van der Waals surface area contributed by atoms with Crippen molar-refractivity contribution < 1.29 is 12.8 Å². The molecule has 0 amide bonds. The Morgan fingerprint density at radius 1 is 1.10 bits per heavy atom. The quantitative estimate of drug-likeness (QED) is 0.837. The van der Waals surface area contributed by atoms with Crippen molar-refractivity contribution in [3.63, 3.8) is 0 Å². The Kier molecular flexibility index (Phi) is 4.78. The summed E-state index contributed by atoms with van der Waals surface area (Å²) in [5, 5.41) is 0. The predicted molar refractivity (Wildman–Crippen MR) is 76.2 cm³/mol. The minimum Gasteiger partial charge on any atom is -0.329 e. The van der Waals surface area contributed by atoms with Gasteiger partial charge in [-0.1, -0.05) is 25.7 Å². The van der Waals surface area contributed by atoms with Gasteiger partial charge in [-0.15, -0.1) is 0 Å². The van der Waals surface area contributed by atoms with Crippen LogP contribution in [0.15, 0.2) is 29.2 Å². The molecular formula is C14H21FN2O2S. The van der Waals surface area contributed by atoms with Crippen LogP contribution < -0.4 is 10.5 Å². The second kappa shape index (κ2) is 6.20. The van der Waals surface area contributed by atoms with E-state index in [0.717, 1.165) is 50.7 Å². The summed E-state index contributed by atoms with van der Waals surface area (Å²) < 4.78 is 40.5. The van der Waals surface area contributed by atoms with Crippen molar-refractivity contribution in [3.05, 3.63) is 30.1 Å². The molecule has 1 aliphatic carbocycles. The molecule has 0 spiro atoms. The maximum absolute atomic E-state index is 12.9. The Balaban J connectivity index is 2.23. The molecule has 2 rings (SSSR count). The largest absolute Gasteiger partial charge is 0.329 e. The molecule has 1 aromatic carbocycles. The normalized spacial score (nSPS) is 19.5. The van der Waals surface area contributed by atoms with Crippen LogP contribution in [-0.2, 0) is 10.0 Å². The minimum absolute atomic E-state index is 0.0796. The molecule has 0 saturated heterocycles. The first-order chi connectivity index (χ1) is 9.47. The fourth-order valence-corrected chi connectivity index (χ4v) is 4.18. The van der Waals surface area contributed by atoms with E-state index in [-0.39, 0.29) is 11.4 Å². The topological polar surface area (TPSA) is 72.2 Å². The Morgan fingerprint density at radius 3 is 2.15 bits per heavy atom. The van der Waals surface area contributed by atoms with Crippen LogP contribution in [0.1, 0.15) is 38.5 Å². The Labute approximate surface area is 119 Å². The van der Waals surface area contributed by atoms with Crippen molar-refractivity contribution in [2.24, 2.45) is 5.73 Å². The second-order valence-corrected chi connectivity index (χ2v) is 7.14. The smallest absolute Gasteiger partial charge is 0.241 e. The summed E-state index contributed by atoms with van der Waals surface area (Å²) in [6, 6.07) is 4.85. The van der Waals surface area contributed by atoms with E-state index in [9.17, 15) is 12.8 Å². The van der Waals surface area contributed by atoms with Crippen LogP contribution in [0.2, 0.25) is 0 Å². The molecule has 0 aliphatic heterocycles. The lowest BCUT2D eigenvalue weighted by Crippen LogP contribution is -2.53. The van der Waals surface area contributed by atoms with E-state index in [1.165, 1.54) is 12.1 Å². The lowest BCUT2D eigenvalue weighted by Gasteiger charge is -2.32. The standard InChI is InChI=1S/C14H21FN2O2S/c15-12-5-7-13(8-6-12)20(18,19)17-14(11-16)9-3-1-2-4-10-14/h5-8,17H,1-4,9-11,16H2. The second-order valence-electron chi connectivity index (χ2n) is 5.46. The Hall–Kier alpha value is -0.980. The molecule has 4 nitrogen and oxygen atoms in total. The zero-order valence-corrected chi connectivity index (χ0v) is 12.3. The molecule has 1 aromatic rings. The molecule has 6 heteroatoms. The molecule has 3 N–H and O–H groups in total. The van der Waals surface area contributed by atoms with Crippen molar-refractivity contribution in [3.8, 4) is 0 Å². The zero-order chi connectivity index (χ0) is 14.6. The van der Waals surface area contributed by atoms with E-state index in [1.807, 2.05) is 0 Å². The monoisotopic (exact) mass is 300 g/mol. The molecule has 0 radical (unpaired) electrons. The minimum atomic E-state index is -3.66. The zero-order valence-electron chi connectivity index (χ0n) is 11.4. The third-order valence-electron chi connectivity index (χ3n) is 3.93. The number of nitrogens with two attached hydrogens (primary N) is 1. The molecule has 20 heavy (non-hydrogen) atoms. The van der Waals surface area contributed by atoms with E-state index in [2.05, 4.69) is 4.72 Å². The van der Waals surface area contributed by atoms with Gasteiger partial charge in [0, 0.05) is 12.1 Å². The molecule has 0 aromatic heterocycles. The van der Waals surface area contributed by atoms with Crippen molar-refractivity contribution in [1.82, 2.24) is 4.72 Å². The summed E-state index contributed by atoms with van der Waals surface area (Å²) in [5.74, 6) is -0.452. The van der Waals surface area contributed by atoms with Crippen molar-refractivity contribution in [2.45, 2.75) is 49.0 Å². The first kappa shape index (κ1) is 15.4. The SMILES string of the molecule is NCC1(NS(=O)(=O)c2ccc(F)cc2)CCCCCC1. The van der Waals surface area contributed by atoms with Crippen LogP contribution in [-0.4, -0.2) is 20.5 Å². The van der Waals surface area contributed by atoms with Gasteiger partial charge in [-0.3, -0.25) is 0 Å². The van der Waals surface area contributed by atoms with Crippen LogP contribution in [0.25, 0.3) is 0 Å². The van der Waals surface area contributed by atoms with Gasteiger partial charge >= 0.3 is 0 Å². The highest BCUT2D eigenvalue weighted by atomic mass is 32.2. The van der Waals surface area contributed by atoms with Crippen molar-refractivity contribution in [2.75, 3.05) is 6.54 Å². The van der Waals surface area contributed by atoms with Crippen LogP contribution in [0.3, 0.4) is 0 Å². The summed E-state index contributed by atoms with van der Waals surface area (Å²) >= 11 is 0. The third-order valence-corrected chi connectivity index (χ3v) is 5.52. The number of hydrogen-bond donors (Lipinski definition) is 2. The number of hydrogen-bond acceptors (Lipinski definition) is 3. The number of halogens is 1. The Bertz CT molecular complexity index is 535. The van der Waals surface area contributed by atoms with Gasteiger partial charge in [0.1, 0.15) is 5.82 Å². The Morgan fingerprint density at radius 2 is 1.65 bits per heavy atom. The van der Waals surface area contributed by atoms with Crippen LogP contribution in [0.4, 0.5) is 4.39 Å². The predicted octanol–water partition coefficient (Wildman–Crippen LogP) is 2.16. The van der Waals surface area contributed by atoms with Crippen LogP contribution in [0, 0.1) is 5.82 Å².